The summed E-state index contributed by atoms with van der Waals surface area (Å²) >= 11 is 0. The third kappa shape index (κ3) is 4.88. The lowest BCUT2D eigenvalue weighted by Gasteiger charge is -2.31. The smallest absolute Gasteiger partial charge is 0.415 e. The molecule has 158 valence electrons. The number of aromatic carboxylic acids is 1. The summed E-state index contributed by atoms with van der Waals surface area (Å²) in [6, 6.07) is 16.8. The summed E-state index contributed by atoms with van der Waals surface area (Å²) in [4.78, 5) is 28.8. The zero-order valence-electron chi connectivity index (χ0n) is 16.7. The van der Waals surface area contributed by atoms with Crippen LogP contribution in [0.1, 0.15) is 34.7 Å². The van der Waals surface area contributed by atoms with E-state index in [0.717, 1.165) is 29.5 Å². The molecule has 31 heavy (non-hydrogen) atoms. The van der Waals surface area contributed by atoms with E-state index in [1.54, 1.807) is 53.6 Å². The molecule has 1 aromatic heterocycles. The number of ether oxygens (including phenoxy) is 1. The number of aromatic nitrogens is 1. The van der Waals surface area contributed by atoms with E-state index >= 15 is 0 Å². The molecule has 0 spiro atoms. The predicted molar refractivity (Wildman–Crippen MR) is 113 cm³/mol. The number of rotatable bonds is 4. The second-order valence-corrected chi connectivity index (χ2v) is 7.45. The lowest BCUT2D eigenvalue weighted by atomic mass is 9.91. The fourth-order valence-corrected chi connectivity index (χ4v) is 3.71. The van der Waals surface area contributed by atoms with Crippen LogP contribution in [0.2, 0.25) is 0 Å². The average Bonchev–Trinajstić information content (AvgIpc) is 2.80. The Kier molecular flexibility index (Phi) is 5.93. The van der Waals surface area contributed by atoms with Gasteiger partial charge in [-0.25, -0.2) is 14.6 Å². The predicted octanol–water partition coefficient (Wildman–Crippen LogP) is 4.96. The van der Waals surface area contributed by atoms with E-state index in [-0.39, 0.29) is 11.5 Å². The summed E-state index contributed by atoms with van der Waals surface area (Å²) in [7, 11) is 0. The van der Waals surface area contributed by atoms with E-state index in [0.29, 0.717) is 18.8 Å². The van der Waals surface area contributed by atoms with E-state index < -0.39 is 18.0 Å². The van der Waals surface area contributed by atoms with Gasteiger partial charge in [-0.05, 0) is 65.8 Å². The van der Waals surface area contributed by atoms with Gasteiger partial charge in [-0.3, -0.25) is 0 Å². The van der Waals surface area contributed by atoms with Crippen LogP contribution in [-0.4, -0.2) is 40.1 Å². The summed E-state index contributed by atoms with van der Waals surface area (Å²) in [5.74, 6) is -0.759. The van der Waals surface area contributed by atoms with Crippen LogP contribution in [0.4, 0.5) is 9.18 Å². The molecular weight excluding hydrogens is 399 g/mol. The van der Waals surface area contributed by atoms with Crippen molar-refractivity contribution in [2.24, 2.45) is 0 Å². The molecule has 4 rings (SSSR count). The topological polar surface area (TPSA) is 79.7 Å². The molecular formula is C24H21FN2O4. The second-order valence-electron chi connectivity index (χ2n) is 7.45. The molecule has 0 aliphatic carbocycles. The minimum Gasteiger partial charge on any atom is -0.478 e. The monoisotopic (exact) mass is 420 g/mol. The van der Waals surface area contributed by atoms with Gasteiger partial charge in [-0.1, -0.05) is 30.3 Å². The van der Waals surface area contributed by atoms with Gasteiger partial charge in [-0.2, -0.15) is 4.39 Å². The Morgan fingerprint density at radius 3 is 2.10 bits per heavy atom. The van der Waals surface area contributed by atoms with Crippen LogP contribution < -0.4 is 4.74 Å². The van der Waals surface area contributed by atoms with E-state index in [2.05, 4.69) is 4.98 Å². The minimum absolute atomic E-state index is 0.230. The van der Waals surface area contributed by atoms with Gasteiger partial charge in [0.2, 0.25) is 5.95 Å². The van der Waals surface area contributed by atoms with Gasteiger partial charge in [0.05, 0.1) is 5.56 Å². The summed E-state index contributed by atoms with van der Waals surface area (Å²) in [6.07, 6.45) is 2.71. The molecule has 3 aromatic rings. The Labute approximate surface area is 178 Å². The third-order valence-electron chi connectivity index (χ3n) is 5.50. The second kappa shape index (κ2) is 8.95. The van der Waals surface area contributed by atoms with E-state index in [1.165, 1.54) is 6.07 Å². The van der Waals surface area contributed by atoms with Crippen molar-refractivity contribution in [2.75, 3.05) is 13.1 Å². The zero-order valence-corrected chi connectivity index (χ0v) is 16.7. The van der Waals surface area contributed by atoms with Gasteiger partial charge in [0.1, 0.15) is 5.75 Å². The SMILES string of the molecule is O=C(O)c1ccc(-c2ccc(OC(=O)N3CCC(c4ccc(F)nc4)CC3)cc2)cc1. The molecule has 1 amide bonds. The molecule has 0 radical (unpaired) electrons. The minimum atomic E-state index is -0.966. The molecule has 0 bridgehead atoms. The number of amides is 1. The molecule has 2 aromatic carbocycles. The Bertz CT molecular complexity index is 1060. The molecule has 6 nitrogen and oxygen atoms in total. The van der Waals surface area contributed by atoms with Gasteiger partial charge in [0.15, 0.2) is 0 Å². The standard InChI is InChI=1S/C24H21FN2O4/c25-22-10-7-20(15-26-22)18-11-13-27(14-12-18)24(30)31-21-8-5-17(6-9-21)16-1-3-19(4-2-16)23(28)29/h1-10,15,18H,11-14H2,(H,28,29). The first kappa shape index (κ1) is 20.5. The van der Waals surface area contributed by atoms with Crippen molar-refractivity contribution in [1.29, 1.82) is 0 Å². The normalized spacial score (nSPS) is 14.3. The van der Waals surface area contributed by atoms with Crippen LogP contribution in [0.5, 0.6) is 5.75 Å². The number of benzene rings is 2. The van der Waals surface area contributed by atoms with Crippen LogP contribution in [0.3, 0.4) is 0 Å². The maximum atomic E-state index is 13.0. The zero-order chi connectivity index (χ0) is 21.8. The van der Waals surface area contributed by atoms with Crippen molar-refractivity contribution in [2.45, 2.75) is 18.8 Å². The Morgan fingerprint density at radius 2 is 1.55 bits per heavy atom. The first-order chi connectivity index (χ1) is 15.0. The van der Waals surface area contributed by atoms with Gasteiger partial charge in [0, 0.05) is 19.3 Å². The summed E-state index contributed by atoms with van der Waals surface area (Å²) in [5, 5.41) is 8.99. The highest BCUT2D eigenvalue weighted by Gasteiger charge is 2.25. The number of hydrogen-bond acceptors (Lipinski definition) is 4. The number of halogens is 1. The van der Waals surface area contributed by atoms with Crippen LogP contribution in [0.25, 0.3) is 11.1 Å². The average molecular weight is 420 g/mol. The summed E-state index contributed by atoms with van der Waals surface area (Å²) in [6.45, 7) is 1.13. The van der Waals surface area contributed by atoms with Gasteiger partial charge in [-0.15, -0.1) is 0 Å². The number of piperidine rings is 1. The van der Waals surface area contributed by atoms with Crippen molar-refractivity contribution < 1.29 is 23.8 Å². The molecule has 1 saturated heterocycles. The number of nitrogens with zero attached hydrogens (tertiary/aromatic N) is 2. The van der Waals surface area contributed by atoms with Crippen LogP contribution >= 0.6 is 0 Å². The maximum absolute atomic E-state index is 13.0. The molecule has 1 aliphatic rings. The van der Waals surface area contributed by atoms with Crippen molar-refractivity contribution in [3.05, 3.63) is 83.9 Å². The molecule has 1 fully saturated rings. The molecule has 0 saturated carbocycles. The quantitative estimate of drug-likeness (QED) is 0.603. The number of hydrogen-bond donors (Lipinski definition) is 1. The summed E-state index contributed by atoms with van der Waals surface area (Å²) in [5.41, 5.74) is 2.99. The molecule has 1 N–H and O–H groups in total. The first-order valence-electron chi connectivity index (χ1n) is 10.0. The van der Waals surface area contributed by atoms with Crippen molar-refractivity contribution in [1.82, 2.24) is 9.88 Å². The summed E-state index contributed by atoms with van der Waals surface area (Å²) < 4.78 is 18.5. The van der Waals surface area contributed by atoms with Gasteiger partial charge >= 0.3 is 12.1 Å². The highest BCUT2D eigenvalue weighted by molar-refractivity contribution is 5.88. The maximum Gasteiger partial charge on any atom is 0.415 e. The first-order valence-corrected chi connectivity index (χ1v) is 10.0. The molecule has 1 aliphatic heterocycles. The third-order valence-corrected chi connectivity index (χ3v) is 5.50. The molecule has 0 atom stereocenters. The van der Waals surface area contributed by atoms with Crippen molar-refractivity contribution in [3.8, 4) is 16.9 Å². The number of likely N-dealkylation sites (tertiary alicyclic amines) is 1. The highest BCUT2D eigenvalue weighted by atomic mass is 19.1. The number of carboxylic acids is 1. The Morgan fingerprint density at radius 1 is 0.935 bits per heavy atom. The van der Waals surface area contributed by atoms with E-state index in [1.807, 2.05) is 12.1 Å². The van der Waals surface area contributed by atoms with E-state index in [9.17, 15) is 14.0 Å². The lowest BCUT2D eigenvalue weighted by Crippen LogP contribution is -2.39. The molecule has 0 unspecified atom stereocenters. The number of carbonyl (C=O) groups excluding carboxylic acids is 1. The molecule has 2 heterocycles. The van der Waals surface area contributed by atoms with Gasteiger partial charge in [0.25, 0.3) is 0 Å². The number of pyridine rings is 1. The van der Waals surface area contributed by atoms with Crippen LogP contribution in [0, 0.1) is 5.95 Å². The number of carboxylic acid groups (broad SMARTS) is 1. The van der Waals surface area contributed by atoms with Crippen LogP contribution in [-0.2, 0) is 0 Å². The van der Waals surface area contributed by atoms with Gasteiger partial charge < -0.3 is 14.7 Å². The van der Waals surface area contributed by atoms with Crippen molar-refractivity contribution in [3.63, 3.8) is 0 Å². The van der Waals surface area contributed by atoms with Crippen molar-refractivity contribution >= 4 is 12.1 Å². The van der Waals surface area contributed by atoms with Crippen LogP contribution in [0.15, 0.2) is 66.9 Å². The fraction of sp³-hybridized carbons (Fsp3) is 0.208. The highest BCUT2D eigenvalue weighted by Crippen LogP contribution is 2.28. The Hall–Kier alpha value is -3.74. The largest absolute Gasteiger partial charge is 0.478 e. The van der Waals surface area contributed by atoms with E-state index in [4.69, 9.17) is 9.84 Å². The fourth-order valence-electron chi connectivity index (χ4n) is 3.71. The lowest BCUT2D eigenvalue weighted by molar-refractivity contribution is 0.0697. The Balaban J connectivity index is 1.32. The molecule has 7 heteroatoms. The number of carbonyl (C=O) groups is 2.